The summed E-state index contributed by atoms with van der Waals surface area (Å²) in [4.78, 5) is 33.3. The SMILES string of the molecule is CC1CCN(c2ccc(CNC(=O)c3ccc(N4CCCCC4=O)cc3)cn2)CC1. The van der Waals surface area contributed by atoms with Crippen LogP contribution in [0.4, 0.5) is 11.5 Å². The molecule has 0 spiro atoms. The van der Waals surface area contributed by atoms with E-state index >= 15 is 0 Å². The number of hydrogen-bond donors (Lipinski definition) is 1. The molecule has 0 saturated carbocycles. The molecule has 2 aromatic rings. The van der Waals surface area contributed by atoms with Crippen molar-refractivity contribution in [3.8, 4) is 0 Å². The third kappa shape index (κ3) is 4.81. The number of rotatable bonds is 5. The quantitative estimate of drug-likeness (QED) is 0.821. The van der Waals surface area contributed by atoms with Crippen LogP contribution in [0.1, 0.15) is 54.9 Å². The van der Waals surface area contributed by atoms with E-state index in [-0.39, 0.29) is 11.8 Å². The highest BCUT2D eigenvalue weighted by molar-refractivity contribution is 5.96. The number of nitrogens with zero attached hydrogens (tertiary/aromatic N) is 3. The summed E-state index contributed by atoms with van der Waals surface area (Å²) in [5.74, 6) is 1.85. The zero-order valence-corrected chi connectivity index (χ0v) is 17.6. The second kappa shape index (κ2) is 9.28. The van der Waals surface area contributed by atoms with Gasteiger partial charge in [-0.2, -0.15) is 0 Å². The number of nitrogens with one attached hydrogen (secondary N) is 1. The van der Waals surface area contributed by atoms with E-state index in [9.17, 15) is 9.59 Å². The maximum absolute atomic E-state index is 12.5. The second-order valence-electron chi connectivity index (χ2n) is 8.43. The molecule has 158 valence electrons. The van der Waals surface area contributed by atoms with Crippen LogP contribution in [0.15, 0.2) is 42.6 Å². The van der Waals surface area contributed by atoms with Gasteiger partial charge in [-0.1, -0.05) is 13.0 Å². The smallest absolute Gasteiger partial charge is 0.251 e. The van der Waals surface area contributed by atoms with Crippen LogP contribution in [0.2, 0.25) is 0 Å². The summed E-state index contributed by atoms with van der Waals surface area (Å²) >= 11 is 0. The standard InChI is InChI=1S/C24H30N4O2/c1-18-11-14-27(15-12-18)22-10-5-19(16-25-22)17-26-24(30)20-6-8-21(9-7-20)28-13-3-2-4-23(28)29/h5-10,16,18H,2-4,11-15,17H2,1H3,(H,26,30). The fourth-order valence-corrected chi connectivity index (χ4v) is 4.10. The van der Waals surface area contributed by atoms with Gasteiger partial charge in [0.25, 0.3) is 5.91 Å². The Kier molecular flexibility index (Phi) is 6.31. The number of aromatic nitrogens is 1. The third-order valence-electron chi connectivity index (χ3n) is 6.13. The van der Waals surface area contributed by atoms with E-state index in [0.717, 1.165) is 55.5 Å². The van der Waals surface area contributed by atoms with Gasteiger partial charge in [-0.05, 0) is 67.5 Å². The van der Waals surface area contributed by atoms with Gasteiger partial charge in [0.1, 0.15) is 5.82 Å². The number of piperidine rings is 2. The summed E-state index contributed by atoms with van der Waals surface area (Å²) in [5.41, 5.74) is 2.44. The molecule has 2 aliphatic rings. The molecule has 1 aromatic heterocycles. The molecule has 0 unspecified atom stereocenters. The first kappa shape index (κ1) is 20.4. The molecule has 2 fully saturated rings. The van der Waals surface area contributed by atoms with Gasteiger partial charge in [0.2, 0.25) is 5.91 Å². The number of carbonyl (C=O) groups excluding carboxylic acids is 2. The van der Waals surface area contributed by atoms with Crippen molar-refractivity contribution < 1.29 is 9.59 Å². The van der Waals surface area contributed by atoms with E-state index in [1.165, 1.54) is 12.8 Å². The summed E-state index contributed by atoms with van der Waals surface area (Å²) in [6.07, 6.45) is 6.86. The number of carbonyl (C=O) groups is 2. The number of hydrogen-bond acceptors (Lipinski definition) is 4. The van der Waals surface area contributed by atoms with Crippen molar-refractivity contribution >= 4 is 23.3 Å². The Labute approximate surface area is 178 Å². The lowest BCUT2D eigenvalue weighted by Crippen LogP contribution is -2.35. The lowest BCUT2D eigenvalue weighted by molar-refractivity contribution is -0.119. The summed E-state index contributed by atoms with van der Waals surface area (Å²) in [6, 6.07) is 11.4. The van der Waals surface area contributed by atoms with Crippen molar-refractivity contribution in [1.82, 2.24) is 10.3 Å². The van der Waals surface area contributed by atoms with Crippen LogP contribution >= 0.6 is 0 Å². The average Bonchev–Trinajstić information content (AvgIpc) is 2.79. The Balaban J connectivity index is 1.30. The van der Waals surface area contributed by atoms with Gasteiger partial charge in [-0.15, -0.1) is 0 Å². The number of pyridine rings is 1. The Morgan fingerprint density at radius 3 is 2.50 bits per heavy atom. The predicted octanol–water partition coefficient (Wildman–Crippen LogP) is 3.76. The topological polar surface area (TPSA) is 65.5 Å². The Morgan fingerprint density at radius 2 is 1.83 bits per heavy atom. The molecular formula is C24H30N4O2. The highest BCUT2D eigenvalue weighted by Crippen LogP contribution is 2.22. The molecule has 6 heteroatoms. The van der Waals surface area contributed by atoms with Crippen molar-refractivity contribution in [3.63, 3.8) is 0 Å². The molecule has 4 rings (SSSR count). The number of anilines is 2. The molecule has 3 heterocycles. The zero-order valence-electron chi connectivity index (χ0n) is 17.6. The van der Waals surface area contributed by atoms with Crippen molar-refractivity contribution in [1.29, 1.82) is 0 Å². The minimum atomic E-state index is -0.124. The van der Waals surface area contributed by atoms with Crippen molar-refractivity contribution in [2.24, 2.45) is 5.92 Å². The van der Waals surface area contributed by atoms with Crippen molar-refractivity contribution in [3.05, 3.63) is 53.7 Å². The molecular weight excluding hydrogens is 376 g/mol. The van der Waals surface area contributed by atoms with E-state index in [4.69, 9.17) is 0 Å². The highest BCUT2D eigenvalue weighted by Gasteiger charge is 2.20. The van der Waals surface area contributed by atoms with Crippen molar-refractivity contribution in [2.75, 3.05) is 29.4 Å². The minimum absolute atomic E-state index is 0.124. The maximum atomic E-state index is 12.5. The van der Waals surface area contributed by atoms with Gasteiger partial charge in [-0.25, -0.2) is 4.98 Å². The second-order valence-corrected chi connectivity index (χ2v) is 8.43. The molecule has 0 bridgehead atoms. The normalized spacial score (nSPS) is 17.8. The predicted molar refractivity (Wildman–Crippen MR) is 119 cm³/mol. The Hall–Kier alpha value is -2.89. The summed E-state index contributed by atoms with van der Waals surface area (Å²) in [6.45, 7) is 5.61. The molecule has 0 aliphatic carbocycles. The molecule has 30 heavy (non-hydrogen) atoms. The zero-order chi connectivity index (χ0) is 20.9. The minimum Gasteiger partial charge on any atom is -0.357 e. The molecule has 6 nitrogen and oxygen atoms in total. The molecule has 0 atom stereocenters. The highest BCUT2D eigenvalue weighted by atomic mass is 16.2. The Bertz CT molecular complexity index is 871. The van der Waals surface area contributed by atoms with Crippen LogP contribution in [-0.2, 0) is 11.3 Å². The van der Waals surface area contributed by atoms with E-state index < -0.39 is 0 Å². The average molecular weight is 407 g/mol. The molecule has 0 radical (unpaired) electrons. The third-order valence-corrected chi connectivity index (χ3v) is 6.13. The fourth-order valence-electron chi connectivity index (χ4n) is 4.10. The monoisotopic (exact) mass is 406 g/mol. The first-order valence-corrected chi connectivity index (χ1v) is 11.0. The van der Waals surface area contributed by atoms with Gasteiger partial charge in [0.05, 0.1) is 0 Å². The van der Waals surface area contributed by atoms with Crippen LogP contribution < -0.4 is 15.1 Å². The van der Waals surface area contributed by atoms with Gasteiger partial charge >= 0.3 is 0 Å². The fraction of sp³-hybridized carbons (Fsp3) is 0.458. The van der Waals surface area contributed by atoms with Crippen LogP contribution in [0.3, 0.4) is 0 Å². The Morgan fingerprint density at radius 1 is 1.07 bits per heavy atom. The lowest BCUT2D eigenvalue weighted by Gasteiger charge is -2.31. The molecule has 2 amide bonds. The largest absolute Gasteiger partial charge is 0.357 e. The molecule has 1 N–H and O–H groups in total. The molecule has 1 aromatic carbocycles. The van der Waals surface area contributed by atoms with E-state index in [1.807, 2.05) is 30.5 Å². The van der Waals surface area contributed by atoms with Crippen LogP contribution in [0.5, 0.6) is 0 Å². The maximum Gasteiger partial charge on any atom is 0.251 e. The summed E-state index contributed by atoms with van der Waals surface area (Å²) in [7, 11) is 0. The van der Waals surface area contributed by atoms with E-state index in [2.05, 4.69) is 22.1 Å². The van der Waals surface area contributed by atoms with E-state index in [1.54, 1.807) is 17.0 Å². The van der Waals surface area contributed by atoms with Gasteiger partial charge in [0.15, 0.2) is 0 Å². The first-order chi connectivity index (χ1) is 14.6. The summed E-state index contributed by atoms with van der Waals surface area (Å²) in [5, 5.41) is 2.95. The van der Waals surface area contributed by atoms with Crippen LogP contribution in [0.25, 0.3) is 0 Å². The molecule has 2 aliphatic heterocycles. The van der Waals surface area contributed by atoms with Gasteiger partial charge in [0, 0.05) is 50.0 Å². The molecule has 2 saturated heterocycles. The van der Waals surface area contributed by atoms with Gasteiger partial charge in [-0.3, -0.25) is 9.59 Å². The van der Waals surface area contributed by atoms with Crippen LogP contribution in [0, 0.1) is 5.92 Å². The lowest BCUT2D eigenvalue weighted by atomic mass is 9.99. The van der Waals surface area contributed by atoms with E-state index in [0.29, 0.717) is 18.5 Å². The number of benzene rings is 1. The van der Waals surface area contributed by atoms with Crippen LogP contribution in [-0.4, -0.2) is 36.4 Å². The number of amides is 2. The van der Waals surface area contributed by atoms with Gasteiger partial charge < -0.3 is 15.1 Å². The van der Waals surface area contributed by atoms with Crippen molar-refractivity contribution in [2.45, 2.75) is 45.6 Å². The summed E-state index contributed by atoms with van der Waals surface area (Å²) < 4.78 is 0. The first-order valence-electron chi connectivity index (χ1n) is 11.0.